The minimum absolute atomic E-state index is 0. The molecule has 0 amide bonds. The molecule has 0 saturated carbocycles. The van der Waals surface area contributed by atoms with Crippen LogP contribution in [-0.4, -0.2) is 69.1 Å². The number of hydrogen-bond donors (Lipinski definition) is 2. The Bertz CT molecular complexity index is 749. The summed E-state index contributed by atoms with van der Waals surface area (Å²) < 4.78 is 29.1. The van der Waals surface area contributed by atoms with Gasteiger partial charge >= 0.3 is 0 Å². The smallest absolute Gasteiger partial charge is 0.191 e. The molecule has 0 aliphatic carbocycles. The maximum Gasteiger partial charge on any atom is 0.191 e. The van der Waals surface area contributed by atoms with Crippen LogP contribution in [0, 0.1) is 0 Å². The molecule has 0 spiro atoms. The summed E-state index contributed by atoms with van der Waals surface area (Å²) in [7, 11) is -2.83. The van der Waals surface area contributed by atoms with Crippen molar-refractivity contribution in [3.05, 3.63) is 29.8 Å². The second-order valence-electron chi connectivity index (χ2n) is 7.94. The van der Waals surface area contributed by atoms with Crippen molar-refractivity contribution >= 4 is 39.8 Å². The van der Waals surface area contributed by atoms with Crippen LogP contribution in [0.3, 0.4) is 0 Å². The van der Waals surface area contributed by atoms with E-state index in [-0.39, 0.29) is 41.1 Å². The maximum absolute atomic E-state index is 11.5. The van der Waals surface area contributed by atoms with Gasteiger partial charge in [0.1, 0.15) is 11.4 Å². The van der Waals surface area contributed by atoms with E-state index >= 15 is 0 Å². The minimum Gasteiger partial charge on any atom is -0.488 e. The van der Waals surface area contributed by atoms with Crippen LogP contribution in [0.25, 0.3) is 0 Å². The molecular weight excluding hydrogens is 503 g/mol. The van der Waals surface area contributed by atoms with E-state index in [2.05, 4.69) is 20.5 Å². The molecule has 0 atom stereocenters. The van der Waals surface area contributed by atoms with E-state index in [0.717, 1.165) is 30.4 Å². The third-order valence-corrected chi connectivity index (χ3v) is 5.91. The first kappa shape index (κ1) is 26.0. The van der Waals surface area contributed by atoms with E-state index in [9.17, 15) is 8.42 Å². The molecule has 0 bridgehead atoms. The highest BCUT2D eigenvalue weighted by Gasteiger charge is 2.21. The zero-order chi connectivity index (χ0) is 20.6. The van der Waals surface area contributed by atoms with Crippen LogP contribution < -0.4 is 15.4 Å². The summed E-state index contributed by atoms with van der Waals surface area (Å²) in [6.07, 6.45) is 0. The molecule has 0 unspecified atom stereocenters. The Labute approximate surface area is 192 Å². The molecule has 1 aliphatic rings. The lowest BCUT2D eigenvalue weighted by molar-refractivity contribution is 0.129. The van der Waals surface area contributed by atoms with Crippen LogP contribution in [0.4, 0.5) is 0 Å². The number of aliphatic imine (C=N–C) groups is 1. The van der Waals surface area contributed by atoms with Crippen LogP contribution >= 0.6 is 24.0 Å². The summed E-state index contributed by atoms with van der Waals surface area (Å²) in [6, 6.07) is 7.96. The molecular formula is C20H35IN4O3S. The number of ether oxygens (including phenoxy) is 1. The Morgan fingerprint density at radius 3 is 2.45 bits per heavy atom. The normalized spacial score (nSPS) is 17.3. The Kier molecular flexibility index (Phi) is 10.7. The molecule has 0 aromatic heterocycles. The lowest BCUT2D eigenvalue weighted by Gasteiger charge is -2.26. The van der Waals surface area contributed by atoms with Gasteiger partial charge in [0, 0.05) is 38.3 Å². The van der Waals surface area contributed by atoms with Crippen LogP contribution in [-0.2, 0) is 16.4 Å². The van der Waals surface area contributed by atoms with Gasteiger partial charge in [-0.3, -0.25) is 4.90 Å². The third kappa shape index (κ3) is 9.99. The zero-order valence-electron chi connectivity index (χ0n) is 17.9. The summed E-state index contributed by atoms with van der Waals surface area (Å²) >= 11 is 0. The lowest BCUT2D eigenvalue weighted by atomic mass is 10.1. The van der Waals surface area contributed by atoms with Crippen molar-refractivity contribution in [1.82, 2.24) is 15.5 Å². The van der Waals surface area contributed by atoms with Crippen LogP contribution in [0.2, 0.25) is 0 Å². The standard InChI is InChI=1S/C20H34N4O3S.HI/c1-5-21-19(22-10-11-24-12-14-28(25,26)15-13-24)23-16-17-8-6-7-9-18(17)27-20(2,3)4;/h6-9H,5,10-16H2,1-4H3,(H2,21,22,23);1H. The molecule has 1 saturated heterocycles. The van der Waals surface area contributed by atoms with E-state index in [4.69, 9.17) is 4.74 Å². The first-order chi connectivity index (χ1) is 13.2. The molecule has 7 nitrogen and oxygen atoms in total. The predicted octanol–water partition coefficient (Wildman–Crippen LogP) is 2.27. The van der Waals surface area contributed by atoms with Gasteiger partial charge in [0.15, 0.2) is 15.8 Å². The van der Waals surface area contributed by atoms with Crippen LogP contribution in [0.5, 0.6) is 5.75 Å². The molecule has 1 aromatic carbocycles. The molecule has 166 valence electrons. The van der Waals surface area contributed by atoms with Crippen LogP contribution in [0.15, 0.2) is 29.3 Å². The van der Waals surface area contributed by atoms with E-state index in [1.165, 1.54) is 0 Å². The summed E-state index contributed by atoms with van der Waals surface area (Å²) in [6.45, 7) is 12.1. The average Bonchev–Trinajstić information content (AvgIpc) is 2.61. The van der Waals surface area contributed by atoms with Gasteiger partial charge in [-0.15, -0.1) is 24.0 Å². The predicted molar refractivity (Wildman–Crippen MR) is 130 cm³/mol. The van der Waals surface area contributed by atoms with Crippen molar-refractivity contribution in [3.63, 3.8) is 0 Å². The second-order valence-corrected chi connectivity index (χ2v) is 10.2. The zero-order valence-corrected chi connectivity index (χ0v) is 21.0. The summed E-state index contributed by atoms with van der Waals surface area (Å²) in [4.78, 5) is 6.85. The van der Waals surface area contributed by atoms with Gasteiger partial charge in [0.25, 0.3) is 0 Å². The maximum atomic E-state index is 11.5. The van der Waals surface area contributed by atoms with Crippen molar-refractivity contribution in [1.29, 1.82) is 0 Å². The summed E-state index contributed by atoms with van der Waals surface area (Å²) in [5.41, 5.74) is 0.778. The van der Waals surface area contributed by atoms with E-state index in [1.807, 2.05) is 52.0 Å². The van der Waals surface area contributed by atoms with E-state index in [0.29, 0.717) is 26.2 Å². The minimum atomic E-state index is -2.83. The topological polar surface area (TPSA) is 83.0 Å². The molecule has 2 N–H and O–H groups in total. The molecule has 2 rings (SSSR count). The summed E-state index contributed by atoms with van der Waals surface area (Å²) in [5.74, 6) is 2.11. The number of para-hydroxylation sites is 1. The second kappa shape index (κ2) is 11.9. The monoisotopic (exact) mass is 538 g/mol. The van der Waals surface area contributed by atoms with Crippen LogP contribution in [0.1, 0.15) is 33.3 Å². The van der Waals surface area contributed by atoms with Crippen molar-refractivity contribution in [2.45, 2.75) is 39.8 Å². The molecule has 1 fully saturated rings. The van der Waals surface area contributed by atoms with Gasteiger partial charge in [0.2, 0.25) is 0 Å². The Hall–Kier alpha value is -1.07. The Morgan fingerprint density at radius 2 is 1.83 bits per heavy atom. The third-order valence-electron chi connectivity index (χ3n) is 4.30. The van der Waals surface area contributed by atoms with E-state index in [1.54, 1.807) is 0 Å². The molecule has 1 heterocycles. The van der Waals surface area contributed by atoms with Gasteiger partial charge in [-0.25, -0.2) is 13.4 Å². The summed E-state index contributed by atoms with van der Waals surface area (Å²) in [5, 5.41) is 6.59. The van der Waals surface area contributed by atoms with Gasteiger partial charge in [0.05, 0.1) is 18.1 Å². The fourth-order valence-corrected chi connectivity index (χ4v) is 4.15. The average molecular weight is 538 g/mol. The lowest BCUT2D eigenvalue weighted by Crippen LogP contribution is -2.45. The van der Waals surface area contributed by atoms with Crippen molar-refractivity contribution in [3.8, 4) is 5.75 Å². The molecule has 29 heavy (non-hydrogen) atoms. The van der Waals surface area contributed by atoms with Crippen molar-refractivity contribution in [2.24, 2.45) is 4.99 Å². The fourth-order valence-electron chi connectivity index (χ4n) is 2.88. The largest absolute Gasteiger partial charge is 0.488 e. The van der Waals surface area contributed by atoms with Gasteiger partial charge in [-0.2, -0.15) is 0 Å². The SMILES string of the molecule is CCNC(=NCc1ccccc1OC(C)(C)C)NCCN1CCS(=O)(=O)CC1.I. The van der Waals surface area contributed by atoms with E-state index < -0.39 is 9.84 Å². The molecule has 0 radical (unpaired) electrons. The number of guanidine groups is 1. The number of sulfone groups is 1. The molecule has 9 heteroatoms. The Balaban J connectivity index is 0.00000420. The number of halogens is 1. The first-order valence-corrected chi connectivity index (χ1v) is 11.7. The molecule has 1 aliphatic heterocycles. The first-order valence-electron chi connectivity index (χ1n) is 9.90. The van der Waals surface area contributed by atoms with Crippen molar-refractivity contribution < 1.29 is 13.2 Å². The number of benzene rings is 1. The quantitative estimate of drug-likeness (QED) is 0.315. The number of rotatable bonds is 7. The highest BCUT2D eigenvalue weighted by atomic mass is 127. The van der Waals surface area contributed by atoms with Gasteiger partial charge < -0.3 is 15.4 Å². The van der Waals surface area contributed by atoms with Crippen molar-refractivity contribution in [2.75, 3.05) is 44.2 Å². The molecule has 1 aromatic rings. The van der Waals surface area contributed by atoms with Gasteiger partial charge in [-0.1, -0.05) is 18.2 Å². The number of nitrogens with zero attached hydrogens (tertiary/aromatic N) is 2. The number of hydrogen-bond acceptors (Lipinski definition) is 5. The highest BCUT2D eigenvalue weighted by molar-refractivity contribution is 14.0. The van der Waals surface area contributed by atoms with Gasteiger partial charge in [-0.05, 0) is 33.8 Å². The Morgan fingerprint density at radius 1 is 1.17 bits per heavy atom. The fraction of sp³-hybridized carbons (Fsp3) is 0.650. The number of nitrogens with one attached hydrogen (secondary N) is 2. The highest BCUT2D eigenvalue weighted by Crippen LogP contribution is 2.23.